The molecule has 0 spiro atoms. The van der Waals surface area contributed by atoms with Crippen LogP contribution < -0.4 is 5.73 Å². The van der Waals surface area contributed by atoms with Gasteiger partial charge in [-0.15, -0.1) is 0 Å². The number of rotatable bonds is 1. The normalized spacial score (nSPS) is 13.5. The van der Waals surface area contributed by atoms with Crippen LogP contribution in [0.3, 0.4) is 0 Å². The molecule has 3 heteroatoms. The molecule has 0 aliphatic heterocycles. The Morgan fingerprint density at radius 2 is 2.23 bits per heavy atom. The van der Waals surface area contributed by atoms with Gasteiger partial charge in [-0.2, -0.15) is 0 Å². The van der Waals surface area contributed by atoms with Crippen molar-refractivity contribution < 1.29 is 0 Å². The van der Waals surface area contributed by atoms with Crippen molar-refractivity contribution in [3.05, 3.63) is 35.8 Å². The second-order valence-electron chi connectivity index (χ2n) is 3.30. The van der Waals surface area contributed by atoms with Gasteiger partial charge in [-0.05, 0) is 26.0 Å². The van der Waals surface area contributed by atoms with Crippen LogP contribution in [0.1, 0.15) is 24.4 Å². The lowest BCUT2D eigenvalue weighted by atomic mass is 10.2. The number of aryl methyl sites for hydroxylation is 1. The van der Waals surface area contributed by atoms with E-state index in [1.165, 1.54) is 0 Å². The highest BCUT2D eigenvalue weighted by Gasteiger charge is 2.10. The molecule has 3 nitrogen and oxygen atoms in total. The second kappa shape index (κ2) is 2.85. The van der Waals surface area contributed by atoms with Crippen LogP contribution in [0.2, 0.25) is 0 Å². The third-order valence-electron chi connectivity index (χ3n) is 2.18. The fourth-order valence-corrected chi connectivity index (χ4v) is 1.68. The fraction of sp³-hybridized carbons (Fsp3) is 0.300. The number of hydrogen-bond donors (Lipinski definition) is 1. The topological polar surface area (TPSA) is 43.3 Å². The maximum Gasteiger partial charge on any atom is 0.137 e. The lowest BCUT2D eigenvalue weighted by molar-refractivity contribution is 0.761. The van der Waals surface area contributed by atoms with E-state index in [1.807, 2.05) is 42.6 Å². The molecular formula is C10H13N3. The predicted octanol–water partition coefficient (Wildman–Crippen LogP) is 1.66. The van der Waals surface area contributed by atoms with E-state index in [0.717, 1.165) is 17.0 Å². The van der Waals surface area contributed by atoms with E-state index >= 15 is 0 Å². The molecule has 0 saturated heterocycles. The highest BCUT2D eigenvalue weighted by molar-refractivity contribution is 5.43. The van der Waals surface area contributed by atoms with Crippen molar-refractivity contribution in [3.63, 3.8) is 0 Å². The molecule has 0 bridgehead atoms. The molecule has 2 aromatic rings. The third-order valence-corrected chi connectivity index (χ3v) is 2.18. The molecule has 0 fully saturated rings. The minimum atomic E-state index is 0.0254. The second-order valence-corrected chi connectivity index (χ2v) is 3.30. The largest absolute Gasteiger partial charge is 0.323 e. The lowest BCUT2D eigenvalue weighted by Gasteiger charge is -2.05. The van der Waals surface area contributed by atoms with E-state index in [-0.39, 0.29) is 6.04 Å². The predicted molar refractivity (Wildman–Crippen MR) is 52.5 cm³/mol. The number of pyridine rings is 1. The fourth-order valence-electron chi connectivity index (χ4n) is 1.68. The van der Waals surface area contributed by atoms with Gasteiger partial charge in [0.15, 0.2) is 0 Å². The van der Waals surface area contributed by atoms with Crippen molar-refractivity contribution in [2.75, 3.05) is 0 Å². The van der Waals surface area contributed by atoms with E-state index < -0.39 is 0 Å². The summed E-state index contributed by atoms with van der Waals surface area (Å²) in [5.41, 5.74) is 8.94. The lowest BCUT2D eigenvalue weighted by Crippen LogP contribution is -2.09. The van der Waals surface area contributed by atoms with E-state index in [9.17, 15) is 0 Å². The van der Waals surface area contributed by atoms with E-state index in [1.54, 1.807) is 0 Å². The molecule has 0 aliphatic rings. The van der Waals surface area contributed by atoms with E-state index in [2.05, 4.69) is 4.98 Å². The Bertz CT molecular complexity index is 429. The summed E-state index contributed by atoms with van der Waals surface area (Å²) in [5, 5.41) is 0. The smallest absolute Gasteiger partial charge is 0.137 e. The maximum atomic E-state index is 5.86. The molecular weight excluding hydrogens is 162 g/mol. The number of imidazole rings is 1. The molecule has 2 aromatic heterocycles. The molecule has 0 radical (unpaired) electrons. The molecule has 2 N–H and O–H groups in total. The summed E-state index contributed by atoms with van der Waals surface area (Å²) in [6, 6.07) is 5.98. The van der Waals surface area contributed by atoms with Gasteiger partial charge in [0.05, 0.1) is 11.4 Å². The molecule has 68 valence electrons. The van der Waals surface area contributed by atoms with Crippen molar-refractivity contribution in [3.8, 4) is 0 Å². The summed E-state index contributed by atoms with van der Waals surface area (Å²) in [5.74, 6) is 0. The summed E-state index contributed by atoms with van der Waals surface area (Å²) < 4.78 is 2.04. The summed E-state index contributed by atoms with van der Waals surface area (Å²) >= 11 is 0. The zero-order valence-corrected chi connectivity index (χ0v) is 7.86. The van der Waals surface area contributed by atoms with Crippen LogP contribution in [-0.2, 0) is 0 Å². The average Bonchev–Trinajstić information content (AvgIpc) is 2.39. The summed E-state index contributed by atoms with van der Waals surface area (Å²) in [7, 11) is 0. The van der Waals surface area contributed by atoms with Crippen LogP contribution >= 0.6 is 0 Å². The van der Waals surface area contributed by atoms with Crippen molar-refractivity contribution in [1.29, 1.82) is 0 Å². The first-order valence-electron chi connectivity index (χ1n) is 4.39. The van der Waals surface area contributed by atoms with Crippen molar-refractivity contribution in [2.24, 2.45) is 5.73 Å². The van der Waals surface area contributed by atoms with Crippen molar-refractivity contribution >= 4 is 5.65 Å². The molecule has 1 atom stereocenters. The number of nitrogens with zero attached hydrogens (tertiary/aromatic N) is 2. The monoisotopic (exact) mass is 175 g/mol. The summed E-state index contributed by atoms with van der Waals surface area (Å²) in [4.78, 5) is 4.42. The van der Waals surface area contributed by atoms with Gasteiger partial charge in [-0.25, -0.2) is 4.98 Å². The van der Waals surface area contributed by atoms with Gasteiger partial charge >= 0.3 is 0 Å². The van der Waals surface area contributed by atoms with Crippen LogP contribution in [0.4, 0.5) is 0 Å². The first kappa shape index (κ1) is 8.26. The molecule has 0 aliphatic carbocycles. The molecule has 1 unspecified atom stereocenters. The zero-order valence-electron chi connectivity index (χ0n) is 7.86. The van der Waals surface area contributed by atoms with Crippen LogP contribution in [0.15, 0.2) is 24.4 Å². The average molecular weight is 175 g/mol. The standard InChI is InChI=1S/C10H13N3/c1-7(11)10-8(2)12-9-5-3-4-6-13(9)10/h3-7H,11H2,1-2H3. The van der Waals surface area contributed by atoms with Gasteiger partial charge in [0, 0.05) is 12.2 Å². The molecule has 0 amide bonds. The van der Waals surface area contributed by atoms with Gasteiger partial charge < -0.3 is 10.1 Å². The maximum absolute atomic E-state index is 5.86. The van der Waals surface area contributed by atoms with Gasteiger partial charge in [0.2, 0.25) is 0 Å². The van der Waals surface area contributed by atoms with E-state index in [4.69, 9.17) is 5.73 Å². The Labute approximate surface area is 77.2 Å². The van der Waals surface area contributed by atoms with Crippen LogP contribution in [-0.4, -0.2) is 9.38 Å². The first-order chi connectivity index (χ1) is 6.20. The molecule has 2 rings (SSSR count). The Morgan fingerprint density at radius 1 is 1.46 bits per heavy atom. The van der Waals surface area contributed by atoms with Crippen LogP contribution in [0.5, 0.6) is 0 Å². The number of aromatic nitrogens is 2. The highest BCUT2D eigenvalue weighted by atomic mass is 15.0. The van der Waals surface area contributed by atoms with Crippen LogP contribution in [0.25, 0.3) is 5.65 Å². The Morgan fingerprint density at radius 3 is 2.92 bits per heavy atom. The van der Waals surface area contributed by atoms with Gasteiger partial charge in [0.1, 0.15) is 5.65 Å². The zero-order chi connectivity index (χ0) is 9.42. The van der Waals surface area contributed by atoms with Crippen LogP contribution in [0, 0.1) is 6.92 Å². The highest BCUT2D eigenvalue weighted by Crippen LogP contribution is 2.16. The summed E-state index contributed by atoms with van der Waals surface area (Å²) in [6.45, 7) is 3.97. The Balaban J connectivity index is 2.78. The minimum Gasteiger partial charge on any atom is -0.323 e. The first-order valence-corrected chi connectivity index (χ1v) is 4.39. The molecule has 0 aromatic carbocycles. The quantitative estimate of drug-likeness (QED) is 0.716. The number of nitrogens with two attached hydrogens (primary N) is 1. The van der Waals surface area contributed by atoms with Crippen molar-refractivity contribution in [2.45, 2.75) is 19.9 Å². The summed E-state index contributed by atoms with van der Waals surface area (Å²) in [6.07, 6.45) is 1.99. The Hall–Kier alpha value is -1.35. The Kier molecular flexibility index (Phi) is 1.81. The van der Waals surface area contributed by atoms with Gasteiger partial charge in [0.25, 0.3) is 0 Å². The van der Waals surface area contributed by atoms with Gasteiger partial charge in [-0.3, -0.25) is 0 Å². The SMILES string of the molecule is Cc1nc2ccccn2c1C(C)N. The minimum absolute atomic E-state index is 0.0254. The number of fused-ring (bicyclic) bond motifs is 1. The molecule has 13 heavy (non-hydrogen) atoms. The number of hydrogen-bond acceptors (Lipinski definition) is 2. The van der Waals surface area contributed by atoms with Gasteiger partial charge in [-0.1, -0.05) is 6.07 Å². The third kappa shape index (κ3) is 1.21. The molecule has 2 heterocycles. The molecule has 0 saturated carbocycles. The van der Waals surface area contributed by atoms with E-state index in [0.29, 0.717) is 0 Å². The van der Waals surface area contributed by atoms with Crippen molar-refractivity contribution in [1.82, 2.24) is 9.38 Å².